The molecule has 0 unspecified atom stereocenters. The SMILES string of the molecule is Cc1cc(N[C@H]2CC[C@@H](NC(=O)C3c4ccccc4Oc4ccccc43)CC2)nc2ccccc12.Cl. The first-order valence-electron chi connectivity index (χ1n) is 12.4. The molecule has 4 aromatic rings. The molecule has 5 nitrogen and oxygen atoms in total. The molecule has 0 spiro atoms. The van der Waals surface area contributed by atoms with E-state index in [1.807, 2.05) is 54.6 Å². The van der Waals surface area contributed by atoms with Gasteiger partial charge in [0.15, 0.2) is 0 Å². The van der Waals surface area contributed by atoms with Crippen molar-refractivity contribution in [1.29, 1.82) is 0 Å². The van der Waals surface area contributed by atoms with Gasteiger partial charge in [-0.15, -0.1) is 12.4 Å². The molecule has 6 rings (SSSR count). The Morgan fingerprint density at radius 3 is 2.11 bits per heavy atom. The smallest absolute Gasteiger partial charge is 0.232 e. The summed E-state index contributed by atoms with van der Waals surface area (Å²) < 4.78 is 6.06. The molecular weight excluding hydrogens is 470 g/mol. The summed E-state index contributed by atoms with van der Waals surface area (Å²) >= 11 is 0. The standard InChI is InChI=1S/C30H29N3O2.ClH/c1-19-18-28(33-25-11-5-2-8-22(19)25)31-20-14-16-21(17-15-20)32-30(34)29-23-9-3-6-12-26(23)35-27-13-7-4-10-24(27)29;/h2-13,18,20-21,29H,14-17H2,1H3,(H,31,33)(H,32,34);1H/t20-,21+;. The van der Waals surface area contributed by atoms with E-state index in [0.717, 1.165) is 59.6 Å². The number of para-hydroxylation sites is 3. The fourth-order valence-corrected chi connectivity index (χ4v) is 5.49. The van der Waals surface area contributed by atoms with Crippen LogP contribution in [-0.4, -0.2) is 23.0 Å². The molecule has 3 aromatic carbocycles. The van der Waals surface area contributed by atoms with Crippen molar-refractivity contribution in [3.05, 3.63) is 95.6 Å². The van der Waals surface area contributed by atoms with Gasteiger partial charge >= 0.3 is 0 Å². The van der Waals surface area contributed by atoms with Gasteiger partial charge in [-0.1, -0.05) is 54.6 Å². The summed E-state index contributed by atoms with van der Waals surface area (Å²) in [6.07, 6.45) is 3.89. The number of ether oxygens (including phenoxy) is 1. The molecule has 0 atom stereocenters. The van der Waals surface area contributed by atoms with E-state index in [-0.39, 0.29) is 30.3 Å². The minimum Gasteiger partial charge on any atom is -0.457 e. The van der Waals surface area contributed by atoms with E-state index in [9.17, 15) is 4.79 Å². The lowest BCUT2D eigenvalue weighted by molar-refractivity contribution is -0.122. The van der Waals surface area contributed by atoms with Crippen LogP contribution in [0.1, 0.15) is 48.3 Å². The normalized spacial score (nSPS) is 18.8. The summed E-state index contributed by atoms with van der Waals surface area (Å²) in [7, 11) is 0. The molecule has 1 saturated carbocycles. The van der Waals surface area contributed by atoms with Crippen LogP contribution in [0.2, 0.25) is 0 Å². The quantitative estimate of drug-likeness (QED) is 0.326. The highest BCUT2D eigenvalue weighted by Crippen LogP contribution is 2.44. The van der Waals surface area contributed by atoms with Crippen molar-refractivity contribution in [2.24, 2.45) is 0 Å². The molecular formula is C30H30ClN3O2. The molecule has 1 aliphatic heterocycles. The van der Waals surface area contributed by atoms with Crippen molar-refractivity contribution in [3.63, 3.8) is 0 Å². The van der Waals surface area contributed by atoms with Crippen LogP contribution >= 0.6 is 12.4 Å². The van der Waals surface area contributed by atoms with Crippen molar-refractivity contribution in [1.82, 2.24) is 10.3 Å². The van der Waals surface area contributed by atoms with E-state index in [4.69, 9.17) is 9.72 Å². The number of aryl methyl sites for hydroxylation is 1. The van der Waals surface area contributed by atoms with Crippen LogP contribution < -0.4 is 15.4 Å². The van der Waals surface area contributed by atoms with E-state index >= 15 is 0 Å². The minimum atomic E-state index is -0.350. The maximum Gasteiger partial charge on any atom is 0.232 e. The number of benzene rings is 3. The Bertz CT molecular complexity index is 1350. The van der Waals surface area contributed by atoms with Gasteiger partial charge in [-0.3, -0.25) is 4.79 Å². The third-order valence-electron chi connectivity index (χ3n) is 7.29. The van der Waals surface area contributed by atoms with Gasteiger partial charge in [0.2, 0.25) is 5.91 Å². The highest BCUT2D eigenvalue weighted by atomic mass is 35.5. The molecule has 2 heterocycles. The zero-order valence-corrected chi connectivity index (χ0v) is 21.1. The zero-order chi connectivity index (χ0) is 23.8. The summed E-state index contributed by atoms with van der Waals surface area (Å²) in [5.41, 5.74) is 4.11. The van der Waals surface area contributed by atoms with Crippen molar-refractivity contribution in [2.75, 3.05) is 5.32 Å². The summed E-state index contributed by atoms with van der Waals surface area (Å²) in [6, 6.07) is 26.6. The summed E-state index contributed by atoms with van der Waals surface area (Å²) in [4.78, 5) is 18.3. The van der Waals surface area contributed by atoms with Crippen LogP contribution in [-0.2, 0) is 4.79 Å². The second kappa shape index (κ2) is 10.2. The van der Waals surface area contributed by atoms with Gasteiger partial charge in [0.1, 0.15) is 17.3 Å². The third-order valence-corrected chi connectivity index (χ3v) is 7.29. The number of halogens is 1. The number of hydrogen-bond acceptors (Lipinski definition) is 4. The minimum absolute atomic E-state index is 0. The number of carbonyl (C=O) groups is 1. The van der Waals surface area contributed by atoms with Crippen LogP contribution in [0.4, 0.5) is 5.82 Å². The lowest BCUT2D eigenvalue weighted by Crippen LogP contribution is -2.42. The molecule has 1 aromatic heterocycles. The van der Waals surface area contributed by atoms with Gasteiger partial charge in [-0.05, 0) is 62.4 Å². The van der Waals surface area contributed by atoms with Crippen LogP contribution in [0.25, 0.3) is 10.9 Å². The highest BCUT2D eigenvalue weighted by Gasteiger charge is 2.34. The number of nitrogens with one attached hydrogen (secondary N) is 2. The first-order valence-corrected chi connectivity index (χ1v) is 12.4. The molecule has 1 aliphatic carbocycles. The Hall–Kier alpha value is -3.57. The summed E-state index contributed by atoms with van der Waals surface area (Å²) in [5.74, 6) is 2.16. The molecule has 6 heteroatoms. The Morgan fingerprint density at radius 2 is 1.42 bits per heavy atom. The molecule has 1 amide bonds. The van der Waals surface area contributed by atoms with Gasteiger partial charge < -0.3 is 15.4 Å². The number of carbonyl (C=O) groups excluding carboxylic acids is 1. The van der Waals surface area contributed by atoms with E-state index in [1.54, 1.807) is 0 Å². The second-order valence-corrected chi connectivity index (χ2v) is 9.65. The summed E-state index contributed by atoms with van der Waals surface area (Å²) in [5, 5.41) is 8.18. The fraction of sp³-hybridized carbons (Fsp3) is 0.267. The molecule has 1 fully saturated rings. The monoisotopic (exact) mass is 499 g/mol. The van der Waals surface area contributed by atoms with Gasteiger partial charge in [-0.2, -0.15) is 0 Å². The van der Waals surface area contributed by atoms with Crippen molar-refractivity contribution >= 4 is 35.0 Å². The Morgan fingerprint density at radius 1 is 0.833 bits per heavy atom. The van der Waals surface area contributed by atoms with Gasteiger partial charge in [-0.25, -0.2) is 4.98 Å². The first-order chi connectivity index (χ1) is 17.2. The number of pyridine rings is 1. The molecule has 2 N–H and O–H groups in total. The van der Waals surface area contributed by atoms with Gasteiger partial charge in [0, 0.05) is 28.6 Å². The average Bonchev–Trinajstić information content (AvgIpc) is 2.88. The Kier molecular flexibility index (Phi) is 6.84. The molecule has 0 saturated heterocycles. The number of fused-ring (bicyclic) bond motifs is 3. The Labute approximate surface area is 217 Å². The number of hydrogen-bond donors (Lipinski definition) is 2. The lowest BCUT2D eigenvalue weighted by Gasteiger charge is -2.32. The maximum atomic E-state index is 13.5. The van der Waals surface area contributed by atoms with Crippen molar-refractivity contribution in [2.45, 2.75) is 50.6 Å². The predicted octanol–water partition coefficient (Wildman–Crippen LogP) is 6.74. The predicted molar refractivity (Wildman–Crippen MR) is 146 cm³/mol. The largest absolute Gasteiger partial charge is 0.457 e. The molecule has 0 bridgehead atoms. The van der Waals surface area contributed by atoms with Crippen LogP contribution in [0.5, 0.6) is 11.5 Å². The maximum absolute atomic E-state index is 13.5. The van der Waals surface area contributed by atoms with Crippen molar-refractivity contribution in [3.8, 4) is 11.5 Å². The van der Waals surface area contributed by atoms with Crippen molar-refractivity contribution < 1.29 is 9.53 Å². The first kappa shape index (κ1) is 24.1. The van der Waals surface area contributed by atoms with Crippen LogP contribution in [0.15, 0.2) is 78.9 Å². The molecule has 36 heavy (non-hydrogen) atoms. The number of aromatic nitrogens is 1. The number of nitrogens with zero attached hydrogens (tertiary/aromatic N) is 1. The number of rotatable bonds is 4. The number of amides is 1. The third kappa shape index (κ3) is 4.63. The topological polar surface area (TPSA) is 63.2 Å². The molecule has 2 aliphatic rings. The Balaban J connectivity index is 0.00000267. The average molecular weight is 500 g/mol. The highest BCUT2D eigenvalue weighted by molar-refractivity contribution is 5.90. The van der Waals surface area contributed by atoms with E-state index < -0.39 is 0 Å². The van der Waals surface area contributed by atoms with Crippen LogP contribution in [0, 0.1) is 6.92 Å². The molecule has 184 valence electrons. The van der Waals surface area contributed by atoms with Crippen LogP contribution in [0.3, 0.4) is 0 Å². The van der Waals surface area contributed by atoms with Gasteiger partial charge in [0.05, 0.1) is 11.4 Å². The number of anilines is 1. The van der Waals surface area contributed by atoms with E-state index in [0.29, 0.717) is 6.04 Å². The molecule has 0 radical (unpaired) electrons. The van der Waals surface area contributed by atoms with E-state index in [1.165, 1.54) is 10.9 Å². The summed E-state index contributed by atoms with van der Waals surface area (Å²) in [6.45, 7) is 2.13. The fourth-order valence-electron chi connectivity index (χ4n) is 5.49. The zero-order valence-electron chi connectivity index (χ0n) is 20.2. The second-order valence-electron chi connectivity index (χ2n) is 9.65. The lowest BCUT2D eigenvalue weighted by atomic mass is 9.86. The van der Waals surface area contributed by atoms with E-state index in [2.05, 4.69) is 41.8 Å². The van der Waals surface area contributed by atoms with Gasteiger partial charge in [0.25, 0.3) is 0 Å².